The molecular weight excluding hydrogens is 588 g/mol. The number of allylic oxidation sites excluding steroid dienone is 1. The van der Waals surface area contributed by atoms with Crippen molar-refractivity contribution < 1.29 is 37.7 Å². The van der Waals surface area contributed by atoms with Gasteiger partial charge in [-0.2, -0.15) is 0 Å². The van der Waals surface area contributed by atoms with Gasteiger partial charge in [0.15, 0.2) is 16.3 Å². The molecule has 1 aliphatic heterocycles. The number of hydrogen-bond acceptors (Lipinski definition) is 11. The number of thiazole rings is 1. The van der Waals surface area contributed by atoms with Crippen LogP contribution in [0, 0.1) is 0 Å². The van der Waals surface area contributed by atoms with Crippen LogP contribution in [0.4, 0.5) is 0 Å². The lowest BCUT2D eigenvalue weighted by atomic mass is 9.95. The van der Waals surface area contributed by atoms with Crippen molar-refractivity contribution in [1.29, 1.82) is 0 Å². The third-order valence-corrected chi connectivity index (χ3v) is 8.00. The van der Waals surface area contributed by atoms with Gasteiger partial charge in [-0.05, 0) is 49.7 Å². The highest BCUT2D eigenvalue weighted by molar-refractivity contribution is 7.07. The van der Waals surface area contributed by atoms with E-state index in [0.717, 1.165) is 11.3 Å². The van der Waals surface area contributed by atoms with Crippen LogP contribution < -0.4 is 29.1 Å². The number of hydrogen-bond donors (Lipinski definition) is 0. The van der Waals surface area contributed by atoms with Crippen LogP contribution in [-0.2, 0) is 14.3 Å². The maximum absolute atomic E-state index is 14.0. The van der Waals surface area contributed by atoms with Crippen LogP contribution in [0.2, 0.25) is 0 Å². The maximum Gasteiger partial charge on any atom is 0.338 e. The number of aromatic nitrogens is 1. The van der Waals surface area contributed by atoms with E-state index in [2.05, 4.69) is 4.99 Å². The van der Waals surface area contributed by atoms with E-state index in [1.54, 1.807) is 68.5 Å². The highest BCUT2D eigenvalue weighted by Gasteiger charge is 2.34. The molecule has 2 aromatic heterocycles. The van der Waals surface area contributed by atoms with Gasteiger partial charge in [-0.15, -0.1) is 0 Å². The lowest BCUT2D eigenvalue weighted by molar-refractivity contribution is -0.139. The Hall–Kier alpha value is -5.10. The molecule has 0 N–H and O–H groups in total. The zero-order chi connectivity index (χ0) is 31.5. The summed E-state index contributed by atoms with van der Waals surface area (Å²) in [5.41, 5.74) is 1.66. The van der Waals surface area contributed by atoms with Gasteiger partial charge in [-0.3, -0.25) is 9.36 Å². The van der Waals surface area contributed by atoms with E-state index in [9.17, 15) is 14.4 Å². The molecular formula is C32H30N2O9S. The summed E-state index contributed by atoms with van der Waals surface area (Å²) in [6, 6.07) is 12.8. The molecule has 1 aliphatic rings. The summed E-state index contributed by atoms with van der Waals surface area (Å²) in [7, 11) is 5.78. The van der Waals surface area contributed by atoms with Gasteiger partial charge in [0.25, 0.3) is 5.56 Å². The molecule has 0 saturated heterocycles. The van der Waals surface area contributed by atoms with Gasteiger partial charge in [-0.1, -0.05) is 29.5 Å². The molecule has 44 heavy (non-hydrogen) atoms. The minimum atomic E-state index is -0.903. The van der Waals surface area contributed by atoms with Gasteiger partial charge in [-0.25, -0.2) is 14.6 Å². The molecule has 4 aromatic rings. The van der Waals surface area contributed by atoms with Crippen LogP contribution in [0.3, 0.4) is 0 Å². The van der Waals surface area contributed by atoms with Crippen molar-refractivity contribution in [3.05, 3.63) is 96.4 Å². The normalized spacial score (nSPS) is 14.5. The molecule has 0 amide bonds. The average Bonchev–Trinajstić information content (AvgIpc) is 3.62. The molecule has 3 heterocycles. The van der Waals surface area contributed by atoms with Crippen molar-refractivity contribution in [3.8, 4) is 28.6 Å². The molecule has 11 nitrogen and oxygen atoms in total. The first-order valence-electron chi connectivity index (χ1n) is 13.5. The van der Waals surface area contributed by atoms with E-state index in [-0.39, 0.29) is 12.2 Å². The molecule has 0 radical (unpaired) electrons. The average molecular weight is 619 g/mol. The Kier molecular flexibility index (Phi) is 8.72. The van der Waals surface area contributed by atoms with Crippen molar-refractivity contribution in [2.45, 2.75) is 19.9 Å². The van der Waals surface area contributed by atoms with E-state index in [0.29, 0.717) is 60.5 Å². The summed E-state index contributed by atoms with van der Waals surface area (Å²) in [6.07, 6.45) is 1.60. The van der Waals surface area contributed by atoms with Crippen molar-refractivity contribution in [3.63, 3.8) is 0 Å². The summed E-state index contributed by atoms with van der Waals surface area (Å²) in [5.74, 6) is 0.811. The molecule has 2 aromatic carbocycles. The van der Waals surface area contributed by atoms with Crippen LogP contribution in [-0.4, -0.2) is 51.6 Å². The molecule has 12 heteroatoms. The largest absolute Gasteiger partial charge is 0.493 e. The number of furan rings is 1. The number of fused-ring (bicyclic) bond motifs is 1. The third kappa shape index (κ3) is 5.39. The fourth-order valence-electron chi connectivity index (χ4n) is 5.06. The molecule has 1 atom stereocenters. The number of nitrogens with zero attached hydrogens (tertiary/aromatic N) is 2. The Morgan fingerprint density at radius 1 is 1.00 bits per heavy atom. The fourth-order valence-corrected chi connectivity index (χ4v) is 6.08. The van der Waals surface area contributed by atoms with Gasteiger partial charge in [0.1, 0.15) is 11.5 Å². The second-order valence-electron chi connectivity index (χ2n) is 9.50. The van der Waals surface area contributed by atoms with E-state index in [4.69, 9.17) is 28.1 Å². The number of methoxy groups -OCH3 is 4. The monoisotopic (exact) mass is 618 g/mol. The number of esters is 2. The molecule has 0 bridgehead atoms. The molecule has 0 unspecified atom stereocenters. The Balaban J connectivity index is 1.68. The Bertz CT molecular complexity index is 1940. The summed E-state index contributed by atoms with van der Waals surface area (Å²) >= 11 is 1.15. The van der Waals surface area contributed by atoms with Crippen molar-refractivity contribution in [1.82, 2.24) is 4.57 Å². The second kappa shape index (κ2) is 12.6. The Morgan fingerprint density at radius 3 is 2.34 bits per heavy atom. The van der Waals surface area contributed by atoms with Crippen LogP contribution in [0.15, 0.2) is 74.0 Å². The van der Waals surface area contributed by atoms with Gasteiger partial charge in [0, 0.05) is 11.6 Å². The summed E-state index contributed by atoms with van der Waals surface area (Å²) in [4.78, 5) is 44.6. The standard InChI is InChI=1S/C32H30N2O9S/c1-7-42-31(37)26-17(2)33-32-34(27(26)18-14-23(38-3)28(40-5)24(15-18)39-4)29(35)25(44-32)16-19-12-13-22(43-19)20-10-8-9-11-21(20)30(36)41-6/h8-16,27H,7H2,1-6H3/b25-16+/t27-/m1/s1. The predicted molar refractivity (Wildman–Crippen MR) is 162 cm³/mol. The zero-order valence-electron chi connectivity index (χ0n) is 25.0. The van der Waals surface area contributed by atoms with Crippen LogP contribution in [0.5, 0.6) is 17.2 Å². The maximum atomic E-state index is 14.0. The topological polar surface area (TPSA) is 128 Å². The first kappa shape index (κ1) is 30.4. The predicted octanol–water partition coefficient (Wildman–Crippen LogP) is 3.87. The number of benzene rings is 2. The highest BCUT2D eigenvalue weighted by Crippen LogP contribution is 2.42. The number of ether oxygens (including phenoxy) is 5. The molecule has 0 saturated carbocycles. The van der Waals surface area contributed by atoms with Gasteiger partial charge < -0.3 is 28.1 Å². The molecule has 228 valence electrons. The smallest absolute Gasteiger partial charge is 0.338 e. The summed E-state index contributed by atoms with van der Waals surface area (Å²) < 4.78 is 34.7. The molecule has 0 spiro atoms. The van der Waals surface area contributed by atoms with Crippen LogP contribution >= 0.6 is 11.3 Å². The SMILES string of the molecule is CCOC(=O)C1=C(C)N=c2s/c(=C/c3ccc(-c4ccccc4C(=O)OC)o3)c(=O)n2[C@@H]1c1cc(OC)c(OC)c(OC)c1. The minimum absolute atomic E-state index is 0.141. The summed E-state index contributed by atoms with van der Waals surface area (Å²) in [6.45, 7) is 3.55. The van der Waals surface area contributed by atoms with E-state index in [1.165, 1.54) is 33.0 Å². The number of carbonyl (C=O) groups excluding carboxylic acids is 2. The van der Waals surface area contributed by atoms with Crippen molar-refractivity contribution in [2.75, 3.05) is 35.0 Å². The Morgan fingerprint density at radius 2 is 1.70 bits per heavy atom. The first-order chi connectivity index (χ1) is 21.3. The van der Waals surface area contributed by atoms with Gasteiger partial charge in [0.2, 0.25) is 5.75 Å². The molecule has 0 fully saturated rings. The van der Waals surface area contributed by atoms with E-state index >= 15 is 0 Å². The first-order valence-corrected chi connectivity index (χ1v) is 14.3. The van der Waals surface area contributed by atoms with Gasteiger partial charge in [0.05, 0.1) is 62.5 Å². The second-order valence-corrected chi connectivity index (χ2v) is 10.5. The minimum Gasteiger partial charge on any atom is -0.493 e. The lowest BCUT2D eigenvalue weighted by Crippen LogP contribution is -2.40. The molecule has 0 aliphatic carbocycles. The highest BCUT2D eigenvalue weighted by atomic mass is 32.1. The number of rotatable bonds is 9. The van der Waals surface area contributed by atoms with E-state index in [1.807, 2.05) is 0 Å². The van der Waals surface area contributed by atoms with Gasteiger partial charge >= 0.3 is 11.9 Å². The fraction of sp³-hybridized carbons (Fsp3) is 0.250. The van der Waals surface area contributed by atoms with E-state index < -0.39 is 23.5 Å². The van der Waals surface area contributed by atoms with Crippen LogP contribution in [0.25, 0.3) is 17.4 Å². The quantitative estimate of drug-likeness (QED) is 0.257. The van der Waals surface area contributed by atoms with Crippen molar-refractivity contribution in [2.24, 2.45) is 4.99 Å². The number of carbonyl (C=O) groups is 2. The van der Waals surface area contributed by atoms with Crippen molar-refractivity contribution >= 4 is 29.4 Å². The van der Waals surface area contributed by atoms with Crippen LogP contribution in [0.1, 0.15) is 41.6 Å². The molecule has 5 rings (SSSR count). The Labute approximate surface area is 256 Å². The summed E-state index contributed by atoms with van der Waals surface area (Å²) in [5, 5.41) is 0. The lowest BCUT2D eigenvalue weighted by Gasteiger charge is -2.26. The third-order valence-electron chi connectivity index (χ3n) is 7.02. The zero-order valence-corrected chi connectivity index (χ0v) is 25.8.